The van der Waals surface area contributed by atoms with Gasteiger partial charge in [-0.2, -0.15) is 0 Å². The summed E-state index contributed by atoms with van der Waals surface area (Å²) in [5.41, 5.74) is 1.36. The highest BCUT2D eigenvalue weighted by Crippen LogP contribution is 2.43. The van der Waals surface area contributed by atoms with Crippen LogP contribution in [-0.4, -0.2) is 38.2 Å². The van der Waals surface area contributed by atoms with Crippen LogP contribution in [0, 0.1) is 5.92 Å². The lowest BCUT2D eigenvalue weighted by atomic mass is 9.89. The Bertz CT molecular complexity index is 468. The molecule has 4 heteroatoms. The molecule has 1 saturated carbocycles. The minimum absolute atomic E-state index is 0.502. The zero-order chi connectivity index (χ0) is 14.7. The molecule has 0 radical (unpaired) electrons. The lowest BCUT2D eigenvalue weighted by Gasteiger charge is -2.39. The fraction of sp³-hybridized carbons (Fsp3) is 0.647. The Balaban J connectivity index is 1.95. The molecule has 2 fully saturated rings. The van der Waals surface area contributed by atoms with Gasteiger partial charge in [-0.25, -0.2) is 0 Å². The van der Waals surface area contributed by atoms with E-state index in [0.29, 0.717) is 6.04 Å². The fourth-order valence-electron chi connectivity index (χ4n) is 3.92. The number of rotatable bonds is 4. The summed E-state index contributed by atoms with van der Waals surface area (Å²) in [4.78, 5) is 2.66. The Morgan fingerprint density at radius 3 is 2.62 bits per heavy atom. The van der Waals surface area contributed by atoms with Crippen LogP contribution < -0.4 is 10.1 Å². The second kappa shape index (κ2) is 7.12. The average molecular weight is 353 g/mol. The molecule has 1 aromatic carbocycles. The smallest absolute Gasteiger partial charge is 0.123 e. The summed E-state index contributed by atoms with van der Waals surface area (Å²) in [7, 11) is 1.79. The molecule has 1 saturated heterocycles. The summed E-state index contributed by atoms with van der Waals surface area (Å²) in [5, 5.41) is 3.47. The lowest BCUT2D eigenvalue weighted by molar-refractivity contribution is 0.123. The van der Waals surface area contributed by atoms with Crippen LogP contribution in [0.2, 0.25) is 0 Å². The van der Waals surface area contributed by atoms with Gasteiger partial charge in [-0.3, -0.25) is 4.90 Å². The summed E-state index contributed by atoms with van der Waals surface area (Å²) in [6.45, 7) is 4.47. The quantitative estimate of drug-likeness (QED) is 0.895. The van der Waals surface area contributed by atoms with Crippen LogP contribution in [0.15, 0.2) is 22.7 Å². The number of hydrogen-bond acceptors (Lipinski definition) is 3. The van der Waals surface area contributed by atoms with Crippen molar-refractivity contribution in [3.63, 3.8) is 0 Å². The maximum atomic E-state index is 5.67. The summed E-state index contributed by atoms with van der Waals surface area (Å²) in [6.07, 6.45) is 5.46. The predicted octanol–water partition coefficient (Wildman–Crippen LogP) is 3.59. The number of piperazine rings is 1. The molecule has 116 valence electrons. The van der Waals surface area contributed by atoms with Crippen LogP contribution in [0.1, 0.15) is 37.3 Å². The van der Waals surface area contributed by atoms with Gasteiger partial charge in [0.2, 0.25) is 0 Å². The third-order valence-electron chi connectivity index (χ3n) is 4.90. The molecule has 1 atom stereocenters. The SMILES string of the molecule is COc1ccc(Br)cc1[C@@H](C1CCCC1)N1CCNCC1. The van der Waals surface area contributed by atoms with E-state index in [1.165, 1.54) is 31.2 Å². The maximum absolute atomic E-state index is 5.67. The lowest BCUT2D eigenvalue weighted by Crippen LogP contribution is -2.46. The van der Waals surface area contributed by atoms with Gasteiger partial charge in [-0.15, -0.1) is 0 Å². The second-order valence-electron chi connectivity index (χ2n) is 6.16. The van der Waals surface area contributed by atoms with E-state index in [1.54, 1.807) is 7.11 Å². The van der Waals surface area contributed by atoms with Crippen LogP contribution >= 0.6 is 15.9 Å². The van der Waals surface area contributed by atoms with Crippen molar-refractivity contribution in [1.29, 1.82) is 0 Å². The summed E-state index contributed by atoms with van der Waals surface area (Å²) in [5.74, 6) is 1.81. The molecule has 0 aromatic heterocycles. The summed E-state index contributed by atoms with van der Waals surface area (Å²) < 4.78 is 6.82. The number of nitrogens with zero attached hydrogens (tertiary/aromatic N) is 1. The van der Waals surface area contributed by atoms with Crippen molar-refractivity contribution in [3.8, 4) is 5.75 Å². The molecule has 0 amide bonds. The third kappa shape index (κ3) is 3.43. The first-order valence-corrected chi connectivity index (χ1v) is 8.87. The molecule has 21 heavy (non-hydrogen) atoms. The van der Waals surface area contributed by atoms with E-state index in [9.17, 15) is 0 Å². The normalized spacial score (nSPS) is 22.4. The molecule has 1 aliphatic carbocycles. The Hall–Kier alpha value is -0.580. The first-order chi connectivity index (χ1) is 10.3. The molecular weight excluding hydrogens is 328 g/mol. The van der Waals surface area contributed by atoms with Crippen molar-refractivity contribution in [2.24, 2.45) is 5.92 Å². The van der Waals surface area contributed by atoms with E-state index in [0.717, 1.165) is 42.3 Å². The molecule has 2 aliphatic rings. The highest BCUT2D eigenvalue weighted by atomic mass is 79.9. The summed E-state index contributed by atoms with van der Waals surface area (Å²) >= 11 is 3.64. The number of halogens is 1. The van der Waals surface area contributed by atoms with E-state index in [2.05, 4.69) is 44.3 Å². The van der Waals surface area contributed by atoms with E-state index in [-0.39, 0.29) is 0 Å². The number of nitrogens with one attached hydrogen (secondary N) is 1. The molecule has 1 heterocycles. The van der Waals surface area contributed by atoms with Gasteiger partial charge < -0.3 is 10.1 Å². The maximum Gasteiger partial charge on any atom is 0.123 e. The van der Waals surface area contributed by atoms with Crippen molar-refractivity contribution in [2.75, 3.05) is 33.3 Å². The van der Waals surface area contributed by atoms with Crippen LogP contribution in [0.25, 0.3) is 0 Å². The van der Waals surface area contributed by atoms with Crippen molar-refractivity contribution in [2.45, 2.75) is 31.7 Å². The summed E-state index contributed by atoms with van der Waals surface area (Å²) in [6, 6.07) is 6.95. The zero-order valence-corrected chi connectivity index (χ0v) is 14.4. The topological polar surface area (TPSA) is 24.5 Å². The molecule has 3 rings (SSSR count). The van der Waals surface area contributed by atoms with Crippen LogP contribution in [0.5, 0.6) is 5.75 Å². The number of hydrogen-bond donors (Lipinski definition) is 1. The molecular formula is C17H25BrN2O. The largest absolute Gasteiger partial charge is 0.496 e. The average Bonchev–Trinajstić information content (AvgIpc) is 3.03. The highest BCUT2D eigenvalue weighted by molar-refractivity contribution is 9.10. The monoisotopic (exact) mass is 352 g/mol. The van der Waals surface area contributed by atoms with Gasteiger partial charge in [-0.05, 0) is 37.0 Å². The number of methoxy groups -OCH3 is 1. The van der Waals surface area contributed by atoms with Gasteiger partial charge in [0, 0.05) is 42.3 Å². The Labute approximate surface area is 136 Å². The van der Waals surface area contributed by atoms with E-state index in [4.69, 9.17) is 4.74 Å². The highest BCUT2D eigenvalue weighted by Gasteiger charge is 2.33. The van der Waals surface area contributed by atoms with Crippen LogP contribution in [0.4, 0.5) is 0 Å². The third-order valence-corrected chi connectivity index (χ3v) is 5.39. The molecule has 0 bridgehead atoms. The minimum atomic E-state index is 0.502. The van der Waals surface area contributed by atoms with Gasteiger partial charge in [0.05, 0.1) is 7.11 Å². The van der Waals surface area contributed by atoms with Crippen molar-refractivity contribution >= 4 is 15.9 Å². The number of benzene rings is 1. The Kier molecular flexibility index (Phi) is 5.19. The van der Waals surface area contributed by atoms with Gasteiger partial charge >= 0.3 is 0 Å². The Morgan fingerprint density at radius 1 is 1.24 bits per heavy atom. The van der Waals surface area contributed by atoms with Crippen LogP contribution in [-0.2, 0) is 0 Å². The molecule has 0 unspecified atom stereocenters. The minimum Gasteiger partial charge on any atom is -0.496 e. The molecule has 3 nitrogen and oxygen atoms in total. The van der Waals surface area contributed by atoms with E-state index < -0.39 is 0 Å². The second-order valence-corrected chi connectivity index (χ2v) is 7.08. The molecule has 1 aromatic rings. The van der Waals surface area contributed by atoms with Gasteiger partial charge in [0.25, 0.3) is 0 Å². The van der Waals surface area contributed by atoms with E-state index in [1.807, 2.05) is 0 Å². The van der Waals surface area contributed by atoms with E-state index >= 15 is 0 Å². The fourth-order valence-corrected chi connectivity index (χ4v) is 4.30. The zero-order valence-electron chi connectivity index (χ0n) is 12.8. The van der Waals surface area contributed by atoms with Crippen molar-refractivity contribution < 1.29 is 4.74 Å². The van der Waals surface area contributed by atoms with Gasteiger partial charge in [0.1, 0.15) is 5.75 Å². The molecule has 1 N–H and O–H groups in total. The number of ether oxygens (including phenoxy) is 1. The predicted molar refractivity (Wildman–Crippen MR) is 89.8 cm³/mol. The standard InChI is InChI=1S/C17H25BrN2O/c1-21-16-7-6-14(18)12-15(16)17(13-4-2-3-5-13)20-10-8-19-9-11-20/h6-7,12-13,17,19H,2-5,8-11H2,1H3/t17-/m1/s1. The van der Waals surface area contributed by atoms with Gasteiger partial charge in [-0.1, -0.05) is 28.8 Å². The van der Waals surface area contributed by atoms with Gasteiger partial charge in [0.15, 0.2) is 0 Å². The van der Waals surface area contributed by atoms with Crippen LogP contribution in [0.3, 0.4) is 0 Å². The molecule has 1 aliphatic heterocycles. The van der Waals surface area contributed by atoms with Crippen molar-refractivity contribution in [3.05, 3.63) is 28.2 Å². The first kappa shape index (κ1) is 15.3. The first-order valence-electron chi connectivity index (χ1n) is 8.08. The van der Waals surface area contributed by atoms with Crippen molar-refractivity contribution in [1.82, 2.24) is 10.2 Å². The Morgan fingerprint density at radius 2 is 1.95 bits per heavy atom. The molecule has 0 spiro atoms.